The van der Waals surface area contributed by atoms with E-state index in [4.69, 9.17) is 75.7 Å². The molecule has 2 unspecified atom stereocenters. The van der Waals surface area contributed by atoms with Crippen LogP contribution in [0.25, 0.3) is 0 Å². The number of nitrogens with zero attached hydrogens (tertiary/aromatic N) is 3. The molecule has 0 aliphatic carbocycles. The number of thiazole rings is 1. The number of ether oxygens (including phenoxy) is 9. The van der Waals surface area contributed by atoms with Gasteiger partial charge in [0.2, 0.25) is 0 Å². The smallest absolute Gasteiger partial charge is 0.356 e. The number of β-lactam (4-membered cyclic amide) rings is 1. The summed E-state index contributed by atoms with van der Waals surface area (Å²) in [4.78, 5) is 73.0. The van der Waals surface area contributed by atoms with Gasteiger partial charge in [-0.2, -0.15) is 0 Å². The Morgan fingerprint density at radius 2 is 1.31 bits per heavy atom. The lowest BCUT2D eigenvalue weighted by Gasteiger charge is -2.49. The highest BCUT2D eigenvalue weighted by Gasteiger charge is 2.55. The van der Waals surface area contributed by atoms with Crippen LogP contribution >= 0.6 is 68.9 Å². The molecule has 1 saturated heterocycles. The van der Waals surface area contributed by atoms with Gasteiger partial charge in [0.25, 0.3) is 17.9 Å². The van der Waals surface area contributed by atoms with Crippen molar-refractivity contribution in [2.24, 2.45) is 5.16 Å². The zero-order valence-corrected chi connectivity index (χ0v) is 57.0. The van der Waals surface area contributed by atoms with Crippen LogP contribution in [-0.2, 0) is 64.6 Å². The number of methoxy groups -OCH3 is 3. The number of hydrogen-bond acceptors (Lipinski definition) is 19. The summed E-state index contributed by atoms with van der Waals surface area (Å²) in [5, 5.41) is 12.0. The third-order valence-electron chi connectivity index (χ3n) is 15.1. The zero-order valence-electron chi connectivity index (χ0n) is 51.7. The molecule has 2 amide bonds. The van der Waals surface area contributed by atoms with Crippen molar-refractivity contribution in [1.29, 1.82) is 0 Å². The van der Waals surface area contributed by atoms with Crippen LogP contribution in [0.4, 0.5) is 5.13 Å². The van der Waals surface area contributed by atoms with Crippen LogP contribution in [-0.4, -0.2) is 122 Å². The second kappa shape index (κ2) is 34.4. The van der Waals surface area contributed by atoms with Crippen LogP contribution < -0.4 is 24.8 Å². The first-order chi connectivity index (χ1) is 46.5. The van der Waals surface area contributed by atoms with Crippen LogP contribution in [0.1, 0.15) is 56.8 Å². The fraction of sp³-hybridized carbons (Fsp3) is 0.239. The molecule has 10 rings (SSSR count). The number of aromatic nitrogens is 1. The first kappa shape index (κ1) is 69.5. The number of hydrogen-bond donors (Lipinski definition) is 2. The van der Waals surface area contributed by atoms with Crippen molar-refractivity contribution >= 4 is 103 Å². The molecule has 0 saturated carbocycles. The Morgan fingerprint density at radius 1 is 0.747 bits per heavy atom. The van der Waals surface area contributed by atoms with E-state index in [2.05, 4.69) is 38.4 Å². The first-order valence-corrected chi connectivity index (χ1v) is 34.1. The highest BCUT2D eigenvalue weighted by Crippen LogP contribution is 2.48. The molecule has 24 heteroatoms. The van der Waals surface area contributed by atoms with Gasteiger partial charge in [0.15, 0.2) is 42.0 Å². The van der Waals surface area contributed by atoms with E-state index < -0.39 is 58.6 Å². The van der Waals surface area contributed by atoms with Gasteiger partial charge in [-0.25, -0.2) is 14.6 Å². The Bertz CT molecular complexity index is 3840. The SMILES string of the molecule is COCCOCOc1c(Cl)cc(C(ON=C(C(=O)N[C@H]2C(=O)N3C(C(=O)OCc4ccc(OC)cc4)=C(/C=C\CI)CSC23)c2csc(NC(c3ccccc3)(c3ccccc3)c3ccccc3)n2)C(=O)OC(c2ccccc2)c2ccccc2)c(Cl)c1OCOCCOC. The van der Waals surface area contributed by atoms with E-state index in [1.54, 1.807) is 67.1 Å². The third-order valence-corrected chi connectivity index (χ3v) is 18.3. The molecule has 2 N–H and O–H groups in total. The van der Waals surface area contributed by atoms with Crippen molar-refractivity contribution in [2.45, 2.75) is 35.8 Å². The quantitative estimate of drug-likeness (QED) is 0.00450. The molecule has 8 aromatic rings. The topological polar surface area (TPSA) is 213 Å². The fourth-order valence-corrected chi connectivity index (χ4v) is 13.3. The second-order valence-corrected chi connectivity index (χ2v) is 24.7. The summed E-state index contributed by atoms with van der Waals surface area (Å²) in [7, 11) is 4.61. The molecular formula is C71H66Cl2IN5O14S2. The molecule has 0 radical (unpaired) electrons. The highest BCUT2D eigenvalue weighted by atomic mass is 127. The number of carbonyl (C=O) groups is 4. The van der Waals surface area contributed by atoms with Gasteiger partial charge in [-0.3, -0.25) is 14.5 Å². The van der Waals surface area contributed by atoms with E-state index in [0.717, 1.165) is 28.0 Å². The predicted octanol–water partition coefficient (Wildman–Crippen LogP) is 13.0. The van der Waals surface area contributed by atoms with E-state index in [1.165, 1.54) is 36.9 Å². The van der Waals surface area contributed by atoms with Gasteiger partial charge in [0.05, 0.1) is 43.6 Å². The van der Waals surface area contributed by atoms with E-state index in [9.17, 15) is 9.59 Å². The molecule has 7 aromatic carbocycles. The van der Waals surface area contributed by atoms with Gasteiger partial charge in [0, 0.05) is 35.3 Å². The van der Waals surface area contributed by atoms with Gasteiger partial charge in [-0.15, -0.1) is 23.1 Å². The molecule has 95 heavy (non-hydrogen) atoms. The number of alkyl halides is 1. The monoisotopic (exact) mass is 1470 g/mol. The number of rotatable bonds is 33. The normalized spacial score (nSPS) is 15.0. The lowest BCUT2D eigenvalue weighted by molar-refractivity contribution is -0.162. The maximum absolute atomic E-state index is 15.6. The Labute approximate surface area is 581 Å². The lowest BCUT2D eigenvalue weighted by Crippen LogP contribution is -2.71. The van der Waals surface area contributed by atoms with Gasteiger partial charge in [-0.05, 0) is 57.2 Å². The largest absolute Gasteiger partial charge is 0.497 e. The van der Waals surface area contributed by atoms with Gasteiger partial charge in [0.1, 0.15) is 40.7 Å². The number of halogens is 3. The first-order valence-electron chi connectivity index (χ1n) is 29.8. The van der Waals surface area contributed by atoms with E-state index in [1.807, 2.05) is 133 Å². The van der Waals surface area contributed by atoms with Crippen LogP contribution in [0.3, 0.4) is 0 Å². The minimum absolute atomic E-state index is 0.0379. The number of thioether (sulfide) groups is 1. The van der Waals surface area contributed by atoms with Crippen molar-refractivity contribution in [1.82, 2.24) is 15.2 Å². The number of benzene rings is 7. The summed E-state index contributed by atoms with van der Waals surface area (Å²) in [5.41, 5.74) is 3.39. The number of carbonyl (C=O) groups excluding carboxylic acids is 4. The van der Waals surface area contributed by atoms with Crippen molar-refractivity contribution in [2.75, 3.05) is 76.8 Å². The number of fused-ring (bicyclic) bond motifs is 1. The molecule has 3 atom stereocenters. The average Bonchev–Trinajstić information content (AvgIpc) is 0.976. The molecule has 2 aliphatic heterocycles. The maximum Gasteiger partial charge on any atom is 0.356 e. The lowest BCUT2D eigenvalue weighted by atomic mass is 9.77. The van der Waals surface area contributed by atoms with Crippen LogP contribution in [0.15, 0.2) is 216 Å². The number of nitrogens with one attached hydrogen (secondary N) is 2. The van der Waals surface area contributed by atoms with Gasteiger partial charge in [-0.1, -0.05) is 227 Å². The summed E-state index contributed by atoms with van der Waals surface area (Å²) in [5.74, 6) is -2.65. The summed E-state index contributed by atoms with van der Waals surface area (Å²) in [6, 6.07) is 54.8. The number of allylic oxidation sites excluding steroid dienone is 2. The predicted molar refractivity (Wildman–Crippen MR) is 372 cm³/mol. The third kappa shape index (κ3) is 16.9. The van der Waals surface area contributed by atoms with E-state index in [-0.39, 0.29) is 90.9 Å². The summed E-state index contributed by atoms with van der Waals surface area (Å²) >= 11 is 19.2. The second-order valence-electron chi connectivity index (χ2n) is 21.0. The van der Waals surface area contributed by atoms with Gasteiger partial charge >= 0.3 is 11.9 Å². The molecule has 492 valence electrons. The van der Waals surface area contributed by atoms with Crippen molar-refractivity contribution in [3.63, 3.8) is 0 Å². The van der Waals surface area contributed by atoms with Crippen LogP contribution in [0, 0.1) is 0 Å². The Balaban J connectivity index is 1.07. The summed E-state index contributed by atoms with van der Waals surface area (Å²) in [6.45, 7) is 0.00881. The highest BCUT2D eigenvalue weighted by molar-refractivity contribution is 14.1. The van der Waals surface area contributed by atoms with E-state index >= 15 is 9.59 Å². The maximum atomic E-state index is 15.6. The van der Waals surface area contributed by atoms with Crippen LogP contribution in [0.5, 0.6) is 17.2 Å². The van der Waals surface area contributed by atoms with Crippen molar-refractivity contribution in [3.05, 3.63) is 265 Å². The van der Waals surface area contributed by atoms with E-state index in [0.29, 0.717) is 37.6 Å². The molecule has 2 aliphatic rings. The van der Waals surface area contributed by atoms with Crippen molar-refractivity contribution < 1.29 is 66.6 Å². The fourth-order valence-electron chi connectivity index (χ4n) is 10.4. The molecule has 19 nitrogen and oxygen atoms in total. The number of amides is 2. The molecule has 1 aromatic heterocycles. The minimum atomic E-state index is -1.96. The number of oxime groups is 1. The summed E-state index contributed by atoms with van der Waals surface area (Å²) < 4.78 is 52.1. The molecule has 1 fully saturated rings. The minimum Gasteiger partial charge on any atom is -0.497 e. The average molecular weight is 1480 g/mol. The Kier molecular flexibility index (Phi) is 25.2. The standard InChI is InChI=1S/C71H66Cl2IN5O14S2/c1-84-36-38-87-44-90-63-55(72)40-54(57(73)64(63)91-45-88-39-37-85-2)62(69(83)92-61(47-20-9-4-10-21-47)48-22-11-5-12-23-48)93-78-58(56-43-95-70(75-56)77-71(50-25-13-6-14-26-50,51-27-15-7-16-28-51)52-29-17-8-18-30-52)65(80)76-59-66(81)79-60(49(24-19-35-74)42-94-67(59)79)68(82)89-41-46-31-33-53(86-3)34-32-46/h4-34,40,43,59,61-62,67H,35-39,41-42,44-45H2,1-3H3,(H,75,77)(H,76,80)/b24-19-,78-58?/t59-,62?,67?/m0/s1. The molecule has 0 spiro atoms. The van der Waals surface area contributed by atoms with Crippen LogP contribution in [0.2, 0.25) is 10.0 Å². The Hall–Kier alpha value is -8.30. The van der Waals surface area contributed by atoms with Crippen molar-refractivity contribution in [3.8, 4) is 17.2 Å². The summed E-state index contributed by atoms with van der Waals surface area (Å²) in [6.07, 6.45) is 0.686. The molecule has 3 heterocycles. The number of esters is 2. The van der Waals surface area contributed by atoms with Gasteiger partial charge < -0.3 is 58.1 Å². The zero-order chi connectivity index (χ0) is 66.5. The molecule has 0 bridgehead atoms. The Morgan fingerprint density at radius 3 is 1.85 bits per heavy atom. The molecular weight excluding hydrogens is 1410 g/mol. The number of anilines is 1.